The Hall–Kier alpha value is -4.18. The Balaban J connectivity index is 2.01. The number of aromatic nitrogens is 2. The largest absolute Gasteiger partial charge is 0.497 e. The van der Waals surface area contributed by atoms with Crippen LogP contribution in [0.1, 0.15) is 11.1 Å². The number of ether oxygens (including phenoxy) is 1. The molecule has 7 heteroatoms. The van der Waals surface area contributed by atoms with Crippen LogP contribution in [-0.2, 0) is 0 Å². The number of pyridine rings is 1. The summed E-state index contributed by atoms with van der Waals surface area (Å²) in [6, 6.07) is 15.2. The third-order valence-corrected chi connectivity index (χ3v) is 4.96. The summed E-state index contributed by atoms with van der Waals surface area (Å²) in [6.07, 6.45) is 4.79. The summed E-state index contributed by atoms with van der Waals surface area (Å²) < 4.78 is 7.22. The van der Waals surface area contributed by atoms with Crippen LogP contribution in [-0.4, -0.2) is 21.6 Å². The van der Waals surface area contributed by atoms with Gasteiger partial charge in [-0.3, -0.25) is 15.1 Å². The molecule has 4 aromatic rings. The van der Waals surface area contributed by atoms with Gasteiger partial charge < -0.3 is 9.30 Å². The first-order chi connectivity index (χ1) is 14.0. The monoisotopic (exact) mass is 384 g/mol. The van der Waals surface area contributed by atoms with Gasteiger partial charge in [-0.2, -0.15) is 5.26 Å². The second kappa shape index (κ2) is 7.09. The molecular weight excluding hydrogens is 368 g/mol. The maximum absolute atomic E-state index is 11.4. The van der Waals surface area contributed by atoms with E-state index in [1.807, 2.05) is 41.1 Å². The minimum atomic E-state index is -0.435. The van der Waals surface area contributed by atoms with Crippen LogP contribution in [0.4, 0.5) is 5.69 Å². The first-order valence-electron chi connectivity index (χ1n) is 8.82. The van der Waals surface area contributed by atoms with Crippen molar-refractivity contribution in [3.05, 3.63) is 82.3 Å². The summed E-state index contributed by atoms with van der Waals surface area (Å²) >= 11 is 0. The predicted molar refractivity (Wildman–Crippen MR) is 109 cm³/mol. The van der Waals surface area contributed by atoms with Crippen LogP contribution < -0.4 is 4.74 Å². The highest BCUT2D eigenvalue weighted by atomic mass is 16.6. The van der Waals surface area contributed by atoms with E-state index in [1.54, 1.807) is 32.4 Å². The smallest absolute Gasteiger partial charge is 0.291 e. The molecule has 2 aromatic carbocycles. The highest BCUT2D eigenvalue weighted by molar-refractivity contribution is 5.98. The van der Waals surface area contributed by atoms with Crippen LogP contribution in [0.25, 0.3) is 27.7 Å². The molecule has 0 atom stereocenters. The summed E-state index contributed by atoms with van der Waals surface area (Å²) in [6.45, 7) is 1.71. The van der Waals surface area contributed by atoms with Gasteiger partial charge in [0.2, 0.25) is 0 Å². The summed E-state index contributed by atoms with van der Waals surface area (Å²) in [5, 5.41) is 21.5. The molecule has 7 nitrogen and oxygen atoms in total. The fourth-order valence-electron chi connectivity index (χ4n) is 3.44. The molecule has 2 aromatic heterocycles. The van der Waals surface area contributed by atoms with Crippen LogP contribution in [0, 0.1) is 28.4 Å². The quantitative estimate of drug-likeness (QED) is 0.372. The van der Waals surface area contributed by atoms with E-state index in [0.717, 1.165) is 27.9 Å². The molecule has 0 aliphatic rings. The van der Waals surface area contributed by atoms with Crippen molar-refractivity contribution >= 4 is 16.6 Å². The lowest BCUT2D eigenvalue weighted by Crippen LogP contribution is -1.95. The third-order valence-electron chi connectivity index (χ3n) is 4.96. The van der Waals surface area contributed by atoms with Gasteiger partial charge in [-0.1, -0.05) is 0 Å². The van der Waals surface area contributed by atoms with E-state index in [2.05, 4.69) is 11.1 Å². The first-order valence-corrected chi connectivity index (χ1v) is 8.82. The topological polar surface area (TPSA) is 94.0 Å². The standard InChI is InChI=1S/C22H16N4O3/c1-14-19(11-24-12-22(14)26(27)28)20-13-25(16-4-6-17(29-2)7-5-16)21-8-3-15(10-23)9-18(20)21/h3-9,11-13H,1-2H3. The van der Waals surface area contributed by atoms with Crippen LogP contribution >= 0.6 is 0 Å². The lowest BCUT2D eigenvalue weighted by Gasteiger charge is -2.06. The minimum absolute atomic E-state index is 0.0377. The second-order valence-corrected chi connectivity index (χ2v) is 6.54. The van der Waals surface area contributed by atoms with Gasteiger partial charge in [0.05, 0.1) is 29.2 Å². The molecule has 0 saturated carbocycles. The van der Waals surface area contributed by atoms with Gasteiger partial charge in [0.25, 0.3) is 5.69 Å². The van der Waals surface area contributed by atoms with E-state index in [0.29, 0.717) is 16.7 Å². The van der Waals surface area contributed by atoms with E-state index in [1.165, 1.54) is 6.20 Å². The van der Waals surface area contributed by atoms with Crippen LogP contribution in [0.15, 0.2) is 61.1 Å². The van der Waals surface area contributed by atoms with E-state index < -0.39 is 4.92 Å². The molecule has 0 amide bonds. The molecule has 0 N–H and O–H groups in total. The summed E-state index contributed by atoms with van der Waals surface area (Å²) in [5.74, 6) is 0.746. The Morgan fingerprint density at radius 3 is 2.55 bits per heavy atom. The molecule has 0 unspecified atom stereocenters. The zero-order valence-corrected chi connectivity index (χ0v) is 15.8. The van der Waals surface area contributed by atoms with E-state index >= 15 is 0 Å². The third kappa shape index (κ3) is 3.07. The van der Waals surface area contributed by atoms with E-state index in [4.69, 9.17) is 4.74 Å². The summed E-state index contributed by atoms with van der Waals surface area (Å²) in [7, 11) is 1.61. The van der Waals surface area contributed by atoms with E-state index in [-0.39, 0.29) is 5.69 Å². The normalized spacial score (nSPS) is 10.7. The molecule has 0 aliphatic heterocycles. The molecule has 0 bridgehead atoms. The van der Waals surface area contributed by atoms with Crippen molar-refractivity contribution < 1.29 is 9.66 Å². The van der Waals surface area contributed by atoms with Crippen molar-refractivity contribution in [3.8, 4) is 28.6 Å². The van der Waals surface area contributed by atoms with Crippen LogP contribution in [0.3, 0.4) is 0 Å². The zero-order valence-electron chi connectivity index (χ0n) is 15.8. The zero-order chi connectivity index (χ0) is 20.5. The van der Waals surface area contributed by atoms with Gasteiger partial charge >= 0.3 is 0 Å². The highest BCUT2D eigenvalue weighted by Gasteiger charge is 2.19. The second-order valence-electron chi connectivity index (χ2n) is 6.54. The maximum atomic E-state index is 11.4. The fourth-order valence-corrected chi connectivity index (χ4v) is 3.44. The Morgan fingerprint density at radius 1 is 1.14 bits per heavy atom. The van der Waals surface area contributed by atoms with Crippen molar-refractivity contribution in [1.82, 2.24) is 9.55 Å². The molecule has 0 fully saturated rings. The lowest BCUT2D eigenvalue weighted by molar-refractivity contribution is -0.385. The maximum Gasteiger partial charge on any atom is 0.291 e. The van der Waals surface area contributed by atoms with Crippen molar-refractivity contribution in [2.45, 2.75) is 6.92 Å². The molecule has 29 heavy (non-hydrogen) atoms. The molecule has 0 saturated heterocycles. The van der Waals surface area contributed by atoms with Crippen molar-refractivity contribution in [2.75, 3.05) is 7.11 Å². The van der Waals surface area contributed by atoms with Crippen molar-refractivity contribution in [1.29, 1.82) is 5.26 Å². The van der Waals surface area contributed by atoms with Gasteiger partial charge in [0, 0.05) is 40.2 Å². The SMILES string of the molecule is COc1ccc(-n2cc(-c3cncc([N+](=O)[O-])c3C)c3cc(C#N)ccc32)cc1. The van der Waals surface area contributed by atoms with Gasteiger partial charge in [0.15, 0.2) is 0 Å². The summed E-state index contributed by atoms with van der Waals surface area (Å²) in [5.41, 5.74) is 4.23. The van der Waals surface area contributed by atoms with Gasteiger partial charge in [0.1, 0.15) is 11.9 Å². The number of nitro groups is 1. The molecule has 0 radical (unpaired) electrons. The van der Waals surface area contributed by atoms with Crippen LogP contribution in [0.5, 0.6) is 5.75 Å². The average molecular weight is 384 g/mol. The molecule has 0 spiro atoms. The molecule has 4 rings (SSSR count). The number of nitriles is 1. The van der Waals surface area contributed by atoms with Gasteiger partial charge in [-0.15, -0.1) is 0 Å². The average Bonchev–Trinajstić information content (AvgIpc) is 3.12. The number of rotatable bonds is 4. The Morgan fingerprint density at radius 2 is 1.90 bits per heavy atom. The number of fused-ring (bicyclic) bond motifs is 1. The fraction of sp³-hybridized carbons (Fsp3) is 0.0909. The van der Waals surface area contributed by atoms with E-state index in [9.17, 15) is 15.4 Å². The lowest BCUT2D eigenvalue weighted by atomic mass is 10.0. The highest BCUT2D eigenvalue weighted by Crippen LogP contribution is 2.37. The van der Waals surface area contributed by atoms with Gasteiger partial charge in [-0.25, -0.2) is 0 Å². The van der Waals surface area contributed by atoms with Crippen molar-refractivity contribution in [2.24, 2.45) is 0 Å². The predicted octanol–water partition coefficient (Wildman–Crippen LogP) is 4.79. The number of methoxy groups -OCH3 is 1. The van der Waals surface area contributed by atoms with Crippen molar-refractivity contribution in [3.63, 3.8) is 0 Å². The number of nitrogens with zero attached hydrogens (tertiary/aromatic N) is 4. The van der Waals surface area contributed by atoms with Crippen LogP contribution in [0.2, 0.25) is 0 Å². The molecule has 2 heterocycles. The Kier molecular flexibility index (Phi) is 4.45. The molecule has 0 aliphatic carbocycles. The molecular formula is C22H16N4O3. The number of benzene rings is 2. The minimum Gasteiger partial charge on any atom is -0.497 e. The first kappa shape index (κ1) is 18.2. The number of hydrogen-bond acceptors (Lipinski definition) is 5. The number of hydrogen-bond donors (Lipinski definition) is 0. The van der Waals surface area contributed by atoms with Gasteiger partial charge in [-0.05, 0) is 49.4 Å². The Labute approximate surface area is 166 Å². The molecule has 142 valence electrons. The summed E-state index contributed by atoms with van der Waals surface area (Å²) in [4.78, 5) is 15.0. The Bertz CT molecular complexity index is 1280.